The normalized spacial score (nSPS) is 17.3. The average Bonchev–Trinajstić information content (AvgIpc) is 3.49. The van der Waals surface area contributed by atoms with Crippen LogP contribution in [0.3, 0.4) is 0 Å². The van der Waals surface area contributed by atoms with Gasteiger partial charge in [-0.05, 0) is 128 Å². The third-order valence-electron chi connectivity index (χ3n) is 11.4. The molecule has 0 saturated heterocycles. The van der Waals surface area contributed by atoms with Crippen LogP contribution in [0.2, 0.25) is 0 Å². The van der Waals surface area contributed by atoms with Crippen LogP contribution in [0.15, 0.2) is 120 Å². The molecule has 3 aliphatic carbocycles. The zero-order valence-electron chi connectivity index (χ0n) is 30.1. The lowest BCUT2D eigenvalue weighted by molar-refractivity contribution is 0.660. The lowest BCUT2D eigenvalue weighted by atomic mass is 9.78. The highest BCUT2D eigenvalue weighted by Gasteiger charge is 2.37. The molecular formula is C48H46N2. The molecule has 5 aromatic carbocycles. The van der Waals surface area contributed by atoms with Crippen LogP contribution in [-0.4, -0.2) is 0 Å². The molecule has 5 aromatic rings. The highest BCUT2D eigenvalue weighted by atomic mass is 14.6. The number of anilines is 1. The Morgan fingerprint density at radius 1 is 0.700 bits per heavy atom. The molecule has 0 saturated carbocycles. The fraction of sp³-hybridized carbons (Fsp3) is 0.208. The van der Waals surface area contributed by atoms with E-state index in [1.165, 1.54) is 77.9 Å². The van der Waals surface area contributed by atoms with Crippen LogP contribution in [-0.2, 0) is 17.3 Å². The van der Waals surface area contributed by atoms with Gasteiger partial charge in [-0.2, -0.15) is 0 Å². The number of hydrogen-bond acceptors (Lipinski definition) is 2. The number of allylic oxidation sites excluding steroid dienone is 6. The second-order valence-electron chi connectivity index (χ2n) is 15.3. The lowest BCUT2D eigenvalue weighted by Crippen LogP contribution is -2.15. The summed E-state index contributed by atoms with van der Waals surface area (Å²) in [6, 6.07) is 34.1. The fourth-order valence-corrected chi connectivity index (χ4v) is 8.69. The summed E-state index contributed by atoms with van der Waals surface area (Å²) in [5, 5.41) is 0. The van der Waals surface area contributed by atoms with Crippen molar-refractivity contribution in [1.29, 1.82) is 0 Å². The van der Waals surface area contributed by atoms with Gasteiger partial charge in [-0.3, -0.25) is 0 Å². The molecule has 3 aliphatic rings. The van der Waals surface area contributed by atoms with Crippen molar-refractivity contribution < 1.29 is 0 Å². The molecule has 0 fully saturated rings. The van der Waals surface area contributed by atoms with Gasteiger partial charge in [-0.1, -0.05) is 126 Å². The molecule has 4 N–H and O–H groups in total. The Morgan fingerprint density at radius 3 is 1.86 bits per heavy atom. The molecule has 248 valence electrons. The summed E-state index contributed by atoms with van der Waals surface area (Å²) in [5.74, 6) is 0. The summed E-state index contributed by atoms with van der Waals surface area (Å²) in [6.45, 7) is 13.5. The van der Waals surface area contributed by atoms with E-state index in [1.54, 1.807) is 0 Å². The van der Waals surface area contributed by atoms with Crippen molar-refractivity contribution >= 4 is 23.4 Å². The highest BCUT2D eigenvalue weighted by Crippen LogP contribution is 2.52. The molecule has 0 heterocycles. The fourth-order valence-electron chi connectivity index (χ4n) is 8.69. The van der Waals surface area contributed by atoms with Crippen molar-refractivity contribution in [2.75, 3.05) is 5.73 Å². The van der Waals surface area contributed by atoms with E-state index in [-0.39, 0.29) is 10.8 Å². The predicted octanol–water partition coefficient (Wildman–Crippen LogP) is 11.9. The van der Waals surface area contributed by atoms with E-state index < -0.39 is 0 Å². The Labute approximate surface area is 297 Å². The van der Waals surface area contributed by atoms with Gasteiger partial charge in [0.15, 0.2) is 0 Å². The highest BCUT2D eigenvalue weighted by molar-refractivity contribution is 6.01. The standard InChI is InChI=1S/C48H46N2/c1-7-8-13-38-40(32-21-23-37-35-15-10-12-17-43(35)48(5,6)45(37)27-32)25-33-24-30(19-18-29(2)49)39(28-41(33)46(38)50)31-20-22-36-34-14-9-11-16-42(34)47(3,4)44(36)26-31/h8-23,25-28H,7,24,49-50H2,1-6H3/b13-8-,29-18-,30-19+. The van der Waals surface area contributed by atoms with Crippen LogP contribution in [0, 0.1) is 0 Å². The molecule has 8 rings (SSSR count). The van der Waals surface area contributed by atoms with Crippen LogP contribution < -0.4 is 11.5 Å². The van der Waals surface area contributed by atoms with Crippen molar-refractivity contribution in [3.63, 3.8) is 0 Å². The van der Waals surface area contributed by atoms with E-state index in [4.69, 9.17) is 11.5 Å². The molecule has 0 unspecified atom stereocenters. The smallest absolute Gasteiger partial charge is 0.0470 e. The second-order valence-corrected chi connectivity index (χ2v) is 15.3. The quantitative estimate of drug-likeness (QED) is 0.186. The maximum atomic E-state index is 7.27. The largest absolute Gasteiger partial charge is 0.402 e. The van der Waals surface area contributed by atoms with E-state index in [2.05, 4.69) is 150 Å². The van der Waals surface area contributed by atoms with Gasteiger partial charge >= 0.3 is 0 Å². The maximum absolute atomic E-state index is 7.27. The van der Waals surface area contributed by atoms with E-state index in [9.17, 15) is 0 Å². The minimum atomic E-state index is -0.0788. The molecule has 0 radical (unpaired) electrons. The predicted molar refractivity (Wildman–Crippen MR) is 215 cm³/mol. The van der Waals surface area contributed by atoms with Crippen molar-refractivity contribution in [3.8, 4) is 33.4 Å². The van der Waals surface area contributed by atoms with Gasteiger partial charge < -0.3 is 11.5 Å². The number of rotatable bonds is 5. The van der Waals surface area contributed by atoms with Crippen LogP contribution in [0.4, 0.5) is 5.69 Å². The second kappa shape index (κ2) is 11.6. The Balaban J connectivity index is 1.30. The van der Waals surface area contributed by atoms with Gasteiger partial charge in [0.1, 0.15) is 0 Å². The minimum Gasteiger partial charge on any atom is -0.402 e. The van der Waals surface area contributed by atoms with Crippen molar-refractivity contribution in [3.05, 3.63) is 165 Å². The maximum Gasteiger partial charge on any atom is 0.0470 e. The molecule has 0 atom stereocenters. The molecule has 0 aromatic heterocycles. The summed E-state index contributed by atoms with van der Waals surface area (Å²) in [5.41, 5.74) is 35.2. The van der Waals surface area contributed by atoms with Gasteiger partial charge in [0.2, 0.25) is 0 Å². The Hall–Kier alpha value is -5.34. The first kappa shape index (κ1) is 31.9. The molecule has 0 amide bonds. The Kier molecular flexibility index (Phi) is 7.42. The van der Waals surface area contributed by atoms with E-state index in [0.29, 0.717) is 0 Å². The summed E-state index contributed by atoms with van der Waals surface area (Å²) >= 11 is 0. The van der Waals surface area contributed by atoms with Crippen LogP contribution in [0.5, 0.6) is 0 Å². The molecule has 0 aliphatic heterocycles. The van der Waals surface area contributed by atoms with Crippen LogP contribution >= 0.6 is 0 Å². The number of benzene rings is 5. The first-order valence-electron chi connectivity index (χ1n) is 18.0. The minimum absolute atomic E-state index is 0.0765. The van der Waals surface area contributed by atoms with Gasteiger partial charge in [0.25, 0.3) is 0 Å². The SMILES string of the molecule is CC/C=C\c1c(-c2ccc3c(c2)C(C)(C)c2ccccc2-3)cc2c(c1N)C=C(c1ccc3c(c1)C(C)(C)c1ccccc1-3)/C(=C/C=C(/C)N)C2. The summed E-state index contributed by atoms with van der Waals surface area (Å²) in [6.07, 6.45) is 12.7. The van der Waals surface area contributed by atoms with Crippen molar-refractivity contribution in [2.24, 2.45) is 5.73 Å². The zero-order valence-corrected chi connectivity index (χ0v) is 30.1. The Bertz CT molecular complexity index is 2350. The Morgan fingerprint density at radius 2 is 1.26 bits per heavy atom. The van der Waals surface area contributed by atoms with Crippen molar-refractivity contribution in [2.45, 2.75) is 65.2 Å². The van der Waals surface area contributed by atoms with E-state index >= 15 is 0 Å². The molecule has 0 bridgehead atoms. The third-order valence-corrected chi connectivity index (χ3v) is 11.4. The summed E-state index contributed by atoms with van der Waals surface area (Å²) in [7, 11) is 0. The number of fused-ring (bicyclic) bond motifs is 7. The first-order chi connectivity index (χ1) is 24.0. The van der Waals surface area contributed by atoms with Crippen LogP contribution in [0.25, 0.3) is 51.1 Å². The summed E-state index contributed by atoms with van der Waals surface area (Å²) < 4.78 is 0. The van der Waals surface area contributed by atoms with Gasteiger partial charge in [0.05, 0.1) is 0 Å². The molecule has 2 heteroatoms. The van der Waals surface area contributed by atoms with Gasteiger partial charge in [-0.25, -0.2) is 0 Å². The lowest BCUT2D eigenvalue weighted by Gasteiger charge is -2.26. The monoisotopic (exact) mass is 650 g/mol. The summed E-state index contributed by atoms with van der Waals surface area (Å²) in [4.78, 5) is 0. The molecule has 50 heavy (non-hydrogen) atoms. The van der Waals surface area contributed by atoms with E-state index in [0.717, 1.165) is 35.4 Å². The number of nitrogens with two attached hydrogens (primary N) is 2. The zero-order chi connectivity index (χ0) is 34.9. The number of nitrogen functional groups attached to an aromatic ring is 1. The van der Waals surface area contributed by atoms with E-state index in [1.807, 2.05) is 13.0 Å². The molecule has 0 spiro atoms. The average molecular weight is 651 g/mol. The van der Waals surface area contributed by atoms with Crippen molar-refractivity contribution in [1.82, 2.24) is 0 Å². The molecule has 2 nitrogen and oxygen atoms in total. The number of hydrogen-bond donors (Lipinski definition) is 2. The van der Waals surface area contributed by atoms with Crippen LogP contribution in [0.1, 0.15) is 92.5 Å². The third kappa shape index (κ3) is 4.84. The van der Waals surface area contributed by atoms with Gasteiger partial charge in [-0.15, -0.1) is 0 Å². The van der Waals surface area contributed by atoms with Gasteiger partial charge in [0, 0.05) is 33.3 Å². The first-order valence-corrected chi connectivity index (χ1v) is 18.0. The topological polar surface area (TPSA) is 52.0 Å². The molecular weight excluding hydrogens is 605 g/mol.